The summed E-state index contributed by atoms with van der Waals surface area (Å²) in [4.78, 5) is 23.9. The van der Waals surface area contributed by atoms with Gasteiger partial charge in [-0.25, -0.2) is 4.79 Å². The summed E-state index contributed by atoms with van der Waals surface area (Å²) in [6, 6.07) is 31.5. The van der Waals surface area contributed by atoms with Crippen molar-refractivity contribution >= 4 is 40.9 Å². The Kier molecular flexibility index (Phi) is 8.46. The van der Waals surface area contributed by atoms with E-state index in [9.17, 15) is 9.59 Å². The zero-order chi connectivity index (χ0) is 25.3. The van der Waals surface area contributed by atoms with Crippen molar-refractivity contribution in [3.05, 3.63) is 136 Å². The van der Waals surface area contributed by atoms with E-state index in [1.54, 1.807) is 30.0 Å². The van der Waals surface area contributed by atoms with Gasteiger partial charge in [-0.1, -0.05) is 78.0 Å². The van der Waals surface area contributed by atoms with Gasteiger partial charge in [0.05, 0.1) is 16.6 Å². The molecule has 0 aliphatic heterocycles. The number of thioether (sulfide) groups is 1. The molecule has 1 atom stereocenters. The normalized spacial score (nSPS) is 11.1. The lowest BCUT2D eigenvalue weighted by atomic mass is 10.0. The van der Waals surface area contributed by atoms with Gasteiger partial charge in [0.2, 0.25) is 5.91 Å². The minimum atomic E-state index is -0.994. The first-order chi connectivity index (χ1) is 17.5. The molecule has 0 heterocycles. The van der Waals surface area contributed by atoms with E-state index in [1.807, 2.05) is 60.7 Å². The number of hydrogen-bond acceptors (Lipinski definition) is 3. The Labute approximate surface area is 219 Å². The molecule has 0 aliphatic carbocycles. The van der Waals surface area contributed by atoms with Gasteiger partial charge >= 0.3 is 5.97 Å². The van der Waals surface area contributed by atoms with Gasteiger partial charge < -0.3 is 10.4 Å². The first kappa shape index (κ1) is 25.1. The van der Waals surface area contributed by atoms with E-state index in [0.29, 0.717) is 21.8 Å². The molecule has 4 rings (SSSR count). The summed E-state index contributed by atoms with van der Waals surface area (Å²) in [7, 11) is 0. The van der Waals surface area contributed by atoms with Crippen LogP contribution in [0.4, 0.5) is 5.69 Å². The van der Waals surface area contributed by atoms with Crippen molar-refractivity contribution in [2.75, 3.05) is 11.1 Å². The summed E-state index contributed by atoms with van der Waals surface area (Å²) in [5.41, 5.74) is 4.34. The number of anilines is 1. The quantitative estimate of drug-likeness (QED) is 0.265. The SMILES string of the molecule is O=C(CSC(c1ccccc1)c1ccc(Cl)cc1)Nc1cccc(C#Cc2cccc(C(=O)O)c2)c1. The number of carboxylic acids is 1. The second kappa shape index (κ2) is 12.1. The second-order valence-corrected chi connectivity index (χ2v) is 9.45. The van der Waals surface area contributed by atoms with Gasteiger partial charge in [-0.2, -0.15) is 0 Å². The van der Waals surface area contributed by atoms with Gasteiger partial charge in [0.25, 0.3) is 0 Å². The van der Waals surface area contributed by atoms with Crippen LogP contribution in [0, 0.1) is 11.8 Å². The first-order valence-corrected chi connectivity index (χ1v) is 12.6. The number of amides is 1. The maximum absolute atomic E-state index is 12.8. The Balaban J connectivity index is 1.43. The highest BCUT2D eigenvalue weighted by molar-refractivity contribution is 8.00. The van der Waals surface area contributed by atoms with Crippen LogP contribution < -0.4 is 5.32 Å². The lowest BCUT2D eigenvalue weighted by Gasteiger charge is -2.18. The van der Waals surface area contributed by atoms with Crippen LogP contribution in [0.15, 0.2) is 103 Å². The van der Waals surface area contributed by atoms with E-state index < -0.39 is 5.97 Å². The molecule has 4 aromatic rings. The average molecular weight is 512 g/mol. The highest BCUT2D eigenvalue weighted by Crippen LogP contribution is 2.36. The zero-order valence-corrected chi connectivity index (χ0v) is 20.7. The van der Waals surface area contributed by atoms with Crippen LogP contribution in [0.5, 0.6) is 0 Å². The van der Waals surface area contributed by atoms with Gasteiger partial charge in [0, 0.05) is 21.8 Å². The summed E-state index contributed by atoms with van der Waals surface area (Å²) in [5.74, 6) is 5.16. The molecule has 1 unspecified atom stereocenters. The molecule has 0 spiro atoms. The summed E-state index contributed by atoms with van der Waals surface area (Å²) >= 11 is 7.61. The fourth-order valence-electron chi connectivity index (χ4n) is 3.56. The predicted molar refractivity (Wildman–Crippen MR) is 147 cm³/mol. The summed E-state index contributed by atoms with van der Waals surface area (Å²) in [6.45, 7) is 0. The number of carbonyl (C=O) groups is 2. The van der Waals surface area contributed by atoms with Crippen LogP contribution in [0.1, 0.15) is 37.9 Å². The molecule has 0 bridgehead atoms. The number of rotatable bonds is 7. The van der Waals surface area contributed by atoms with Gasteiger partial charge in [-0.3, -0.25) is 4.79 Å². The topological polar surface area (TPSA) is 66.4 Å². The molecule has 0 fully saturated rings. The Bertz CT molecular complexity index is 1430. The second-order valence-electron chi connectivity index (χ2n) is 7.92. The number of hydrogen-bond donors (Lipinski definition) is 2. The molecule has 6 heteroatoms. The third kappa shape index (κ3) is 7.02. The van der Waals surface area contributed by atoms with E-state index in [0.717, 1.165) is 11.1 Å². The lowest BCUT2D eigenvalue weighted by Crippen LogP contribution is -2.15. The van der Waals surface area contributed by atoms with Crippen molar-refractivity contribution in [1.82, 2.24) is 0 Å². The summed E-state index contributed by atoms with van der Waals surface area (Å²) < 4.78 is 0. The predicted octanol–water partition coefficient (Wildman–Crippen LogP) is 6.90. The number of carbonyl (C=O) groups excluding carboxylic acids is 1. The average Bonchev–Trinajstić information content (AvgIpc) is 2.89. The maximum atomic E-state index is 12.8. The molecule has 0 saturated heterocycles. The van der Waals surface area contributed by atoms with Crippen molar-refractivity contribution < 1.29 is 14.7 Å². The molecule has 4 aromatic carbocycles. The fourth-order valence-corrected chi connectivity index (χ4v) is 4.77. The minimum Gasteiger partial charge on any atom is -0.478 e. The van der Waals surface area contributed by atoms with Crippen molar-refractivity contribution in [2.45, 2.75) is 5.25 Å². The molecule has 36 heavy (non-hydrogen) atoms. The highest BCUT2D eigenvalue weighted by atomic mass is 35.5. The summed E-state index contributed by atoms with van der Waals surface area (Å²) in [5, 5.41) is 12.7. The van der Waals surface area contributed by atoms with Crippen LogP contribution >= 0.6 is 23.4 Å². The Morgan fingerprint density at radius 3 is 2.14 bits per heavy atom. The fraction of sp³-hybridized carbons (Fsp3) is 0.0667. The third-order valence-corrected chi connectivity index (χ3v) is 6.82. The van der Waals surface area contributed by atoms with E-state index in [1.165, 1.54) is 12.1 Å². The molecule has 0 saturated carbocycles. The van der Waals surface area contributed by atoms with Crippen LogP contribution in [0.2, 0.25) is 5.02 Å². The number of benzene rings is 4. The molecule has 1 amide bonds. The van der Waals surface area contributed by atoms with Crippen molar-refractivity contribution in [3.8, 4) is 11.8 Å². The van der Waals surface area contributed by atoms with E-state index in [4.69, 9.17) is 16.7 Å². The molecule has 2 N–H and O–H groups in total. The van der Waals surface area contributed by atoms with Crippen molar-refractivity contribution in [2.24, 2.45) is 0 Å². The van der Waals surface area contributed by atoms with E-state index in [-0.39, 0.29) is 22.5 Å². The number of carboxylic acid groups (broad SMARTS) is 1. The van der Waals surface area contributed by atoms with Gasteiger partial charge in [-0.05, 0) is 59.7 Å². The zero-order valence-electron chi connectivity index (χ0n) is 19.1. The third-order valence-electron chi connectivity index (χ3n) is 5.26. The largest absolute Gasteiger partial charge is 0.478 e. The Morgan fingerprint density at radius 2 is 1.44 bits per heavy atom. The standard InChI is InChI=1S/C30H22ClNO3S/c31-26-16-14-24(15-17-26)29(23-8-2-1-3-9-23)36-20-28(33)32-27-11-5-7-22(19-27)13-12-21-6-4-10-25(18-21)30(34)35/h1-11,14-19,29H,20H2,(H,32,33)(H,34,35). The Hall–Kier alpha value is -3.98. The van der Waals surface area contributed by atoms with Gasteiger partial charge in [0.1, 0.15) is 0 Å². The monoisotopic (exact) mass is 511 g/mol. The van der Waals surface area contributed by atoms with Gasteiger partial charge in [0.15, 0.2) is 0 Å². The molecule has 0 aliphatic rings. The van der Waals surface area contributed by atoms with Crippen LogP contribution in [-0.4, -0.2) is 22.7 Å². The molecule has 0 radical (unpaired) electrons. The maximum Gasteiger partial charge on any atom is 0.335 e. The number of aromatic carboxylic acids is 1. The molecular weight excluding hydrogens is 490 g/mol. The molecule has 0 aromatic heterocycles. The minimum absolute atomic E-state index is 0.00650. The lowest BCUT2D eigenvalue weighted by molar-refractivity contribution is -0.113. The van der Waals surface area contributed by atoms with Gasteiger partial charge in [-0.15, -0.1) is 11.8 Å². The van der Waals surface area contributed by atoms with Crippen LogP contribution in [-0.2, 0) is 4.79 Å². The van der Waals surface area contributed by atoms with Crippen LogP contribution in [0.3, 0.4) is 0 Å². The molecule has 4 nitrogen and oxygen atoms in total. The van der Waals surface area contributed by atoms with Crippen LogP contribution in [0.25, 0.3) is 0 Å². The molecular formula is C30H22ClNO3S. The molecule has 178 valence electrons. The van der Waals surface area contributed by atoms with Crippen molar-refractivity contribution in [1.29, 1.82) is 0 Å². The smallest absolute Gasteiger partial charge is 0.335 e. The van der Waals surface area contributed by atoms with E-state index in [2.05, 4.69) is 29.3 Å². The summed E-state index contributed by atoms with van der Waals surface area (Å²) in [6.07, 6.45) is 0. The van der Waals surface area contributed by atoms with Crippen molar-refractivity contribution in [3.63, 3.8) is 0 Å². The first-order valence-electron chi connectivity index (χ1n) is 11.2. The Morgan fingerprint density at radius 1 is 0.806 bits per heavy atom. The number of nitrogens with one attached hydrogen (secondary N) is 1. The number of halogens is 1. The highest BCUT2D eigenvalue weighted by Gasteiger charge is 2.16. The van der Waals surface area contributed by atoms with E-state index >= 15 is 0 Å².